The summed E-state index contributed by atoms with van der Waals surface area (Å²) < 4.78 is 39.7. The van der Waals surface area contributed by atoms with Gasteiger partial charge in [-0.2, -0.15) is 4.31 Å². The van der Waals surface area contributed by atoms with Gasteiger partial charge in [0.25, 0.3) is 0 Å². The van der Waals surface area contributed by atoms with Gasteiger partial charge in [0.1, 0.15) is 11.8 Å². The summed E-state index contributed by atoms with van der Waals surface area (Å²) in [6.45, 7) is 2.36. The average molecular weight is 575 g/mol. The molecule has 1 amide bonds. The fourth-order valence-corrected chi connectivity index (χ4v) is 7.08. The van der Waals surface area contributed by atoms with Crippen LogP contribution in [0.2, 0.25) is 0 Å². The number of ether oxygens (including phenoxy) is 2. The van der Waals surface area contributed by atoms with Crippen molar-refractivity contribution in [2.45, 2.75) is 55.2 Å². The van der Waals surface area contributed by atoms with Crippen molar-refractivity contribution in [3.05, 3.63) is 60.2 Å². The van der Waals surface area contributed by atoms with E-state index in [0.717, 1.165) is 36.4 Å². The molecule has 2 N–H and O–H groups in total. The molecule has 11 heteroatoms. The molecule has 0 saturated carbocycles. The Labute approximate surface area is 236 Å². The van der Waals surface area contributed by atoms with Gasteiger partial charge in [-0.1, -0.05) is 30.3 Å². The van der Waals surface area contributed by atoms with E-state index >= 15 is 0 Å². The fraction of sp³-hybridized carbons (Fsp3) is 0.552. The Morgan fingerprint density at radius 3 is 2.42 bits per heavy atom. The predicted octanol–water partition coefficient (Wildman–Crippen LogP) is 1.48. The van der Waals surface area contributed by atoms with Crippen LogP contribution in [0.3, 0.4) is 0 Å². The number of carbonyl (C=O) groups excluding carboxylic acids is 1. The second kappa shape index (κ2) is 14.3. The first-order chi connectivity index (χ1) is 19.3. The van der Waals surface area contributed by atoms with Crippen LogP contribution in [0.15, 0.2) is 59.5 Å². The van der Waals surface area contributed by atoms with Gasteiger partial charge in [-0.15, -0.1) is 0 Å². The molecule has 2 fully saturated rings. The minimum Gasteiger partial charge on any atom is -0.530 e. The number of piperidine rings is 1. The number of hydrogen-bond donors (Lipinski definition) is 2. The fourth-order valence-electron chi connectivity index (χ4n) is 5.61. The molecule has 10 nitrogen and oxygen atoms in total. The first kappa shape index (κ1) is 30.3. The van der Waals surface area contributed by atoms with E-state index in [1.807, 2.05) is 30.3 Å². The van der Waals surface area contributed by atoms with Crippen molar-refractivity contribution in [1.29, 1.82) is 0 Å². The van der Waals surface area contributed by atoms with Gasteiger partial charge >= 0.3 is 0 Å². The second-order valence-electron chi connectivity index (χ2n) is 10.5. The summed E-state index contributed by atoms with van der Waals surface area (Å²) in [6, 6.07) is 14.0. The smallest absolute Gasteiger partial charge is 0.243 e. The lowest BCUT2D eigenvalue weighted by molar-refractivity contribution is -0.272. The molecule has 2 heterocycles. The number of aliphatic hydroxyl groups excluding tert-OH is 1. The highest BCUT2D eigenvalue weighted by atomic mass is 32.2. The van der Waals surface area contributed by atoms with E-state index in [1.165, 1.54) is 23.5 Å². The minimum atomic E-state index is -4.00. The van der Waals surface area contributed by atoms with Gasteiger partial charge in [0.2, 0.25) is 10.0 Å². The van der Waals surface area contributed by atoms with Gasteiger partial charge in [0.15, 0.2) is 0 Å². The third-order valence-corrected chi connectivity index (χ3v) is 9.81. The van der Waals surface area contributed by atoms with Crippen LogP contribution in [-0.4, -0.2) is 93.5 Å². The van der Waals surface area contributed by atoms with Gasteiger partial charge in [-0.25, -0.2) is 8.42 Å². The van der Waals surface area contributed by atoms with Crippen LogP contribution < -0.4 is 15.2 Å². The number of hydrogen-bond acceptors (Lipinski definition) is 8. The molecule has 2 aliphatic rings. The van der Waals surface area contributed by atoms with E-state index < -0.39 is 34.3 Å². The van der Waals surface area contributed by atoms with Gasteiger partial charge in [0, 0.05) is 19.7 Å². The Bertz CT molecular complexity index is 1170. The number of nitrogens with zero attached hydrogens (tertiary/aromatic N) is 2. The largest absolute Gasteiger partial charge is 0.530 e. The number of carboxylic acid groups (broad SMARTS) is 1. The molecule has 2 aliphatic heterocycles. The monoisotopic (exact) mass is 574 g/mol. The van der Waals surface area contributed by atoms with Gasteiger partial charge in [-0.05, 0) is 80.9 Å². The number of benzene rings is 2. The normalized spacial score (nSPS) is 19.8. The van der Waals surface area contributed by atoms with Crippen LogP contribution in [-0.2, 0) is 21.2 Å². The van der Waals surface area contributed by atoms with E-state index in [4.69, 9.17) is 9.47 Å². The number of carbonyl (C=O) groups is 1. The molecule has 0 aliphatic carbocycles. The number of aliphatic hydroxyl groups is 1. The molecular formula is C29H40N3O7S-. The average Bonchev–Trinajstić information content (AvgIpc) is 3.50. The molecule has 0 bridgehead atoms. The van der Waals surface area contributed by atoms with Crippen molar-refractivity contribution in [3.8, 4) is 5.75 Å². The van der Waals surface area contributed by atoms with Crippen molar-refractivity contribution >= 4 is 16.1 Å². The molecule has 2 aromatic carbocycles. The Morgan fingerprint density at radius 1 is 1.12 bits per heavy atom. The Morgan fingerprint density at radius 2 is 1.82 bits per heavy atom. The summed E-state index contributed by atoms with van der Waals surface area (Å²) in [5.74, 6) is 0.897. The van der Waals surface area contributed by atoms with Crippen LogP contribution in [0.5, 0.6) is 5.75 Å². The van der Waals surface area contributed by atoms with E-state index in [2.05, 4.69) is 5.32 Å². The number of sulfonamides is 1. The van der Waals surface area contributed by atoms with Crippen molar-refractivity contribution in [1.82, 2.24) is 14.5 Å². The molecule has 0 aromatic heterocycles. The molecule has 0 spiro atoms. The lowest BCUT2D eigenvalue weighted by atomic mass is 9.94. The number of rotatable bonds is 13. The predicted molar refractivity (Wildman–Crippen MR) is 148 cm³/mol. The summed E-state index contributed by atoms with van der Waals surface area (Å²) in [5, 5.41) is 27.4. The molecule has 2 saturated heterocycles. The van der Waals surface area contributed by atoms with Crippen molar-refractivity contribution < 1.29 is 32.9 Å². The Balaban J connectivity index is 1.63. The number of amides is 1. The maximum Gasteiger partial charge on any atom is 0.243 e. The molecule has 220 valence electrons. The SMILES string of the molecule is COc1ccc(S(=O)(=O)N(CCC2CCNCC2)C[C@@H](O)[C@H](Cc2ccccc2)N(C(=O)[O-])[C@H]2CCOC2)cc1. The van der Waals surface area contributed by atoms with E-state index in [1.54, 1.807) is 12.1 Å². The van der Waals surface area contributed by atoms with E-state index in [0.29, 0.717) is 31.1 Å². The van der Waals surface area contributed by atoms with Crippen LogP contribution in [0.4, 0.5) is 4.79 Å². The molecule has 40 heavy (non-hydrogen) atoms. The van der Waals surface area contributed by atoms with Crippen molar-refractivity contribution in [2.75, 3.05) is 46.5 Å². The lowest BCUT2D eigenvalue weighted by Gasteiger charge is -2.41. The molecule has 0 radical (unpaired) electrons. The summed E-state index contributed by atoms with van der Waals surface area (Å²) in [7, 11) is -2.49. The zero-order valence-corrected chi connectivity index (χ0v) is 23.8. The molecule has 3 atom stereocenters. The van der Waals surface area contributed by atoms with Crippen LogP contribution in [0.1, 0.15) is 31.2 Å². The van der Waals surface area contributed by atoms with Gasteiger partial charge in [-0.3, -0.25) is 0 Å². The topological polar surface area (TPSA) is 131 Å². The quantitative estimate of drug-likeness (QED) is 0.368. The highest BCUT2D eigenvalue weighted by Crippen LogP contribution is 2.26. The maximum absolute atomic E-state index is 13.9. The lowest BCUT2D eigenvalue weighted by Crippen LogP contribution is -2.59. The summed E-state index contributed by atoms with van der Waals surface area (Å²) in [5.41, 5.74) is 0.830. The maximum atomic E-state index is 13.9. The first-order valence-electron chi connectivity index (χ1n) is 13.9. The first-order valence-corrected chi connectivity index (χ1v) is 15.4. The number of methoxy groups -OCH3 is 1. The molecular weight excluding hydrogens is 534 g/mol. The molecule has 2 aromatic rings. The third kappa shape index (κ3) is 7.73. The standard InChI is InChI=1S/C29H41N3O7S/c1-38-25-7-9-26(10-8-25)40(36,37)31(17-13-22-11-15-30-16-12-22)20-28(33)27(19-23-5-3-2-4-6-23)32(29(34)35)24-14-18-39-21-24/h2-10,22,24,27-28,30,33H,11-21H2,1H3,(H,34,35)/p-1/t24-,27-,28+/m0/s1. The van der Waals surface area contributed by atoms with E-state index in [9.17, 15) is 23.4 Å². The highest BCUT2D eigenvalue weighted by molar-refractivity contribution is 7.89. The van der Waals surface area contributed by atoms with Crippen LogP contribution >= 0.6 is 0 Å². The van der Waals surface area contributed by atoms with E-state index in [-0.39, 0.29) is 31.0 Å². The minimum absolute atomic E-state index is 0.0892. The zero-order valence-electron chi connectivity index (χ0n) is 23.0. The summed E-state index contributed by atoms with van der Waals surface area (Å²) >= 11 is 0. The third-order valence-electron chi connectivity index (χ3n) is 7.93. The summed E-state index contributed by atoms with van der Waals surface area (Å²) in [4.78, 5) is 13.7. The van der Waals surface area contributed by atoms with Crippen molar-refractivity contribution in [3.63, 3.8) is 0 Å². The summed E-state index contributed by atoms with van der Waals surface area (Å²) in [6.07, 6.45) is 0.529. The van der Waals surface area contributed by atoms with Gasteiger partial charge in [0.05, 0.1) is 36.8 Å². The Kier molecular flexibility index (Phi) is 10.8. The highest BCUT2D eigenvalue weighted by Gasteiger charge is 2.37. The second-order valence-corrected chi connectivity index (χ2v) is 12.5. The molecule has 0 unspecified atom stereocenters. The van der Waals surface area contributed by atoms with Crippen LogP contribution in [0, 0.1) is 5.92 Å². The molecule has 4 rings (SSSR count). The van der Waals surface area contributed by atoms with Gasteiger partial charge < -0.3 is 34.7 Å². The van der Waals surface area contributed by atoms with Crippen molar-refractivity contribution in [2.24, 2.45) is 5.92 Å². The Hall–Kier alpha value is -2.70. The number of nitrogens with one attached hydrogen (secondary N) is 1. The zero-order chi connectivity index (χ0) is 28.5. The van der Waals surface area contributed by atoms with Crippen LogP contribution in [0.25, 0.3) is 0 Å².